The second-order valence-corrected chi connectivity index (χ2v) is 5.99. The third kappa shape index (κ3) is 5.10. The molecule has 1 N–H and O–H groups in total. The van der Waals surface area contributed by atoms with Crippen molar-refractivity contribution in [3.63, 3.8) is 0 Å². The predicted molar refractivity (Wildman–Crippen MR) is 90.4 cm³/mol. The van der Waals surface area contributed by atoms with Crippen LogP contribution in [0.5, 0.6) is 0 Å². The zero-order valence-corrected chi connectivity index (χ0v) is 13.5. The van der Waals surface area contributed by atoms with Crippen LogP contribution in [0.2, 0.25) is 0 Å². The smallest absolute Gasteiger partial charge is 0.0702 e. The fourth-order valence-electron chi connectivity index (χ4n) is 2.34. The Labute approximate surface area is 128 Å². The molecule has 0 spiro atoms. The van der Waals surface area contributed by atoms with Crippen LogP contribution in [-0.2, 0) is 6.54 Å². The van der Waals surface area contributed by atoms with Gasteiger partial charge in [-0.05, 0) is 70.6 Å². The number of nitrogens with zero attached hydrogens (tertiary/aromatic N) is 2. The lowest BCUT2D eigenvalue weighted by Crippen LogP contribution is -2.27. The molecule has 21 heavy (non-hydrogen) atoms. The van der Waals surface area contributed by atoms with Crippen LogP contribution in [0.3, 0.4) is 0 Å². The Balaban J connectivity index is 1.68. The molecule has 0 aliphatic carbocycles. The number of pyridine rings is 1. The van der Waals surface area contributed by atoms with Gasteiger partial charge in [0.25, 0.3) is 0 Å². The molecule has 0 amide bonds. The zero-order valence-electron chi connectivity index (χ0n) is 13.5. The first-order valence-corrected chi connectivity index (χ1v) is 7.91. The molecule has 1 aromatic heterocycles. The largest absolute Gasteiger partial charge is 0.313 e. The van der Waals surface area contributed by atoms with E-state index in [9.17, 15) is 0 Å². The molecule has 0 aliphatic heterocycles. The summed E-state index contributed by atoms with van der Waals surface area (Å²) in [4.78, 5) is 6.75. The van der Waals surface area contributed by atoms with E-state index in [1.54, 1.807) is 0 Å². The number of rotatable bonds is 8. The van der Waals surface area contributed by atoms with Gasteiger partial charge in [-0.3, -0.25) is 4.98 Å². The van der Waals surface area contributed by atoms with Crippen LogP contribution in [0.1, 0.15) is 32.3 Å². The molecule has 3 heteroatoms. The Morgan fingerprint density at radius 3 is 2.86 bits per heavy atom. The molecular formula is C18H27N3. The highest BCUT2D eigenvalue weighted by Crippen LogP contribution is 2.13. The van der Waals surface area contributed by atoms with Crippen LogP contribution < -0.4 is 5.32 Å². The Bertz CT molecular complexity index is 551. The summed E-state index contributed by atoms with van der Waals surface area (Å²) in [6.07, 6.45) is 4.32. The van der Waals surface area contributed by atoms with Crippen LogP contribution in [0, 0.1) is 0 Å². The van der Waals surface area contributed by atoms with E-state index in [-0.39, 0.29) is 0 Å². The maximum atomic E-state index is 4.35. The second-order valence-electron chi connectivity index (χ2n) is 5.99. The van der Waals surface area contributed by atoms with Crippen LogP contribution >= 0.6 is 0 Å². The Morgan fingerprint density at radius 1 is 1.19 bits per heavy atom. The molecule has 0 fully saturated rings. The van der Waals surface area contributed by atoms with E-state index in [0.717, 1.165) is 18.6 Å². The Morgan fingerprint density at radius 2 is 2.05 bits per heavy atom. The summed E-state index contributed by atoms with van der Waals surface area (Å²) in [6, 6.07) is 11.2. The molecule has 114 valence electrons. The maximum Gasteiger partial charge on any atom is 0.0702 e. The molecule has 0 unspecified atom stereocenters. The SMILES string of the molecule is CC(C)N(C)CCCCNCc1ccc2ncccc2c1. The van der Waals surface area contributed by atoms with E-state index in [1.807, 2.05) is 12.3 Å². The highest BCUT2D eigenvalue weighted by molar-refractivity contribution is 5.78. The van der Waals surface area contributed by atoms with Crippen LogP contribution in [0.25, 0.3) is 10.9 Å². The van der Waals surface area contributed by atoms with Gasteiger partial charge in [0.15, 0.2) is 0 Å². The first-order valence-electron chi connectivity index (χ1n) is 7.91. The number of fused-ring (bicyclic) bond motifs is 1. The van der Waals surface area contributed by atoms with Crippen molar-refractivity contribution < 1.29 is 0 Å². The van der Waals surface area contributed by atoms with Gasteiger partial charge in [-0.25, -0.2) is 0 Å². The molecule has 0 radical (unpaired) electrons. The van der Waals surface area contributed by atoms with Crippen molar-refractivity contribution in [2.45, 2.75) is 39.3 Å². The fraction of sp³-hybridized carbons (Fsp3) is 0.500. The third-order valence-corrected chi connectivity index (χ3v) is 3.99. The summed E-state index contributed by atoms with van der Waals surface area (Å²) in [6.45, 7) is 7.68. The van der Waals surface area contributed by atoms with Crippen LogP contribution in [0.15, 0.2) is 36.5 Å². The number of aromatic nitrogens is 1. The number of unbranched alkanes of at least 4 members (excludes halogenated alkanes) is 1. The molecule has 2 aromatic rings. The highest BCUT2D eigenvalue weighted by atomic mass is 15.1. The summed E-state index contributed by atoms with van der Waals surface area (Å²) >= 11 is 0. The predicted octanol–water partition coefficient (Wildman–Crippen LogP) is 3.44. The first-order chi connectivity index (χ1) is 10.2. The lowest BCUT2D eigenvalue weighted by atomic mass is 10.1. The van der Waals surface area contributed by atoms with E-state index in [0.29, 0.717) is 6.04 Å². The molecule has 0 bridgehead atoms. The van der Waals surface area contributed by atoms with Crippen molar-refractivity contribution in [2.75, 3.05) is 20.1 Å². The summed E-state index contributed by atoms with van der Waals surface area (Å²) in [5, 5.41) is 4.75. The minimum absolute atomic E-state index is 0.643. The average molecular weight is 285 g/mol. The monoisotopic (exact) mass is 285 g/mol. The van der Waals surface area contributed by atoms with Crippen molar-refractivity contribution in [3.8, 4) is 0 Å². The molecular weight excluding hydrogens is 258 g/mol. The topological polar surface area (TPSA) is 28.2 Å². The third-order valence-electron chi connectivity index (χ3n) is 3.99. The minimum atomic E-state index is 0.643. The molecule has 1 aromatic carbocycles. The quantitative estimate of drug-likeness (QED) is 0.753. The molecule has 0 saturated carbocycles. The van der Waals surface area contributed by atoms with Crippen molar-refractivity contribution in [1.29, 1.82) is 0 Å². The van der Waals surface area contributed by atoms with E-state index in [1.165, 1.54) is 30.3 Å². The maximum absolute atomic E-state index is 4.35. The van der Waals surface area contributed by atoms with Gasteiger partial charge in [0, 0.05) is 24.2 Å². The number of nitrogens with one attached hydrogen (secondary N) is 1. The molecule has 0 atom stereocenters. The molecule has 0 saturated heterocycles. The van der Waals surface area contributed by atoms with Crippen molar-refractivity contribution in [1.82, 2.24) is 15.2 Å². The lowest BCUT2D eigenvalue weighted by molar-refractivity contribution is 0.268. The molecule has 1 heterocycles. The van der Waals surface area contributed by atoms with E-state index < -0.39 is 0 Å². The normalized spacial score (nSPS) is 11.7. The minimum Gasteiger partial charge on any atom is -0.313 e. The van der Waals surface area contributed by atoms with Gasteiger partial charge in [0.2, 0.25) is 0 Å². The Kier molecular flexibility index (Phi) is 6.15. The lowest BCUT2D eigenvalue weighted by Gasteiger charge is -2.20. The van der Waals surface area contributed by atoms with Gasteiger partial charge in [0.1, 0.15) is 0 Å². The highest BCUT2D eigenvalue weighted by Gasteiger charge is 2.01. The molecule has 3 nitrogen and oxygen atoms in total. The summed E-state index contributed by atoms with van der Waals surface area (Å²) in [7, 11) is 2.20. The summed E-state index contributed by atoms with van der Waals surface area (Å²) < 4.78 is 0. The van der Waals surface area contributed by atoms with E-state index >= 15 is 0 Å². The van der Waals surface area contributed by atoms with Crippen molar-refractivity contribution >= 4 is 10.9 Å². The van der Waals surface area contributed by atoms with Crippen LogP contribution in [0.4, 0.5) is 0 Å². The fourth-order valence-corrected chi connectivity index (χ4v) is 2.34. The average Bonchev–Trinajstić information content (AvgIpc) is 2.50. The van der Waals surface area contributed by atoms with Crippen molar-refractivity contribution in [2.24, 2.45) is 0 Å². The second kappa shape index (κ2) is 8.11. The first kappa shape index (κ1) is 15.9. The standard InChI is InChI=1S/C18H27N3/c1-15(2)21(3)12-5-4-10-19-14-16-8-9-18-17(13-16)7-6-11-20-18/h6-9,11,13,15,19H,4-5,10,12,14H2,1-3H3. The molecule has 2 rings (SSSR count). The van der Waals surface area contributed by atoms with Gasteiger partial charge < -0.3 is 10.2 Å². The van der Waals surface area contributed by atoms with Gasteiger partial charge in [-0.1, -0.05) is 12.1 Å². The number of benzene rings is 1. The number of hydrogen-bond donors (Lipinski definition) is 1. The number of hydrogen-bond acceptors (Lipinski definition) is 3. The van der Waals surface area contributed by atoms with Gasteiger partial charge in [-0.2, -0.15) is 0 Å². The Hall–Kier alpha value is -1.45. The van der Waals surface area contributed by atoms with Crippen LogP contribution in [-0.4, -0.2) is 36.1 Å². The van der Waals surface area contributed by atoms with E-state index in [2.05, 4.69) is 60.4 Å². The summed E-state index contributed by atoms with van der Waals surface area (Å²) in [5.74, 6) is 0. The van der Waals surface area contributed by atoms with E-state index in [4.69, 9.17) is 0 Å². The van der Waals surface area contributed by atoms with Gasteiger partial charge in [0.05, 0.1) is 5.52 Å². The summed E-state index contributed by atoms with van der Waals surface area (Å²) in [5.41, 5.74) is 2.40. The van der Waals surface area contributed by atoms with Crippen molar-refractivity contribution in [3.05, 3.63) is 42.1 Å². The molecule has 0 aliphatic rings. The van der Waals surface area contributed by atoms with Gasteiger partial charge in [-0.15, -0.1) is 0 Å². The zero-order chi connectivity index (χ0) is 15.1. The van der Waals surface area contributed by atoms with Gasteiger partial charge >= 0.3 is 0 Å².